The monoisotopic (exact) mass is 235 g/mol. The summed E-state index contributed by atoms with van der Waals surface area (Å²) in [6, 6.07) is 5.60. The molecule has 5 heteroatoms. The van der Waals surface area contributed by atoms with Crippen molar-refractivity contribution in [3.8, 4) is 0 Å². The lowest BCUT2D eigenvalue weighted by Gasteiger charge is -2.29. The first-order chi connectivity index (χ1) is 8.15. The summed E-state index contributed by atoms with van der Waals surface area (Å²) in [7, 11) is 0. The third-order valence-electron chi connectivity index (χ3n) is 2.64. The van der Waals surface area contributed by atoms with Gasteiger partial charge in [-0.25, -0.2) is 0 Å². The Hall–Kier alpha value is -1.75. The number of carbonyl (C=O) groups is 1. The number of nitrogen functional groups attached to an aromatic ring is 1. The van der Waals surface area contributed by atoms with Crippen molar-refractivity contribution >= 4 is 23.0 Å². The predicted molar refractivity (Wildman–Crippen MR) is 68.2 cm³/mol. The number of morpholine rings is 1. The van der Waals surface area contributed by atoms with E-state index in [0.717, 1.165) is 37.7 Å². The number of nitrogens with one attached hydrogen (secondary N) is 1. The molecule has 0 bridgehead atoms. The van der Waals surface area contributed by atoms with Crippen LogP contribution in [0.4, 0.5) is 17.1 Å². The molecule has 3 N–H and O–H groups in total. The quantitative estimate of drug-likeness (QED) is 0.752. The molecule has 0 aromatic heterocycles. The Morgan fingerprint density at radius 1 is 1.35 bits per heavy atom. The number of nitrogens with two attached hydrogens (primary N) is 1. The molecule has 0 aliphatic carbocycles. The highest BCUT2D eigenvalue weighted by Crippen LogP contribution is 2.24. The van der Waals surface area contributed by atoms with Gasteiger partial charge in [0.1, 0.15) is 0 Å². The van der Waals surface area contributed by atoms with E-state index in [4.69, 9.17) is 10.5 Å². The molecule has 0 atom stereocenters. The van der Waals surface area contributed by atoms with E-state index in [1.165, 1.54) is 6.92 Å². The maximum Gasteiger partial charge on any atom is 0.221 e. The van der Waals surface area contributed by atoms with Crippen LogP contribution >= 0.6 is 0 Å². The fourth-order valence-electron chi connectivity index (χ4n) is 1.91. The average molecular weight is 235 g/mol. The number of nitrogens with zero attached hydrogens (tertiary/aromatic N) is 1. The van der Waals surface area contributed by atoms with Crippen LogP contribution in [0, 0.1) is 0 Å². The number of amides is 1. The molecule has 0 unspecified atom stereocenters. The molecule has 1 aliphatic rings. The van der Waals surface area contributed by atoms with Gasteiger partial charge in [-0.2, -0.15) is 0 Å². The Kier molecular flexibility index (Phi) is 3.49. The summed E-state index contributed by atoms with van der Waals surface area (Å²) >= 11 is 0. The molecule has 1 fully saturated rings. The van der Waals surface area contributed by atoms with Gasteiger partial charge in [-0.05, 0) is 18.2 Å². The van der Waals surface area contributed by atoms with Crippen LogP contribution in [0.5, 0.6) is 0 Å². The van der Waals surface area contributed by atoms with Gasteiger partial charge in [-0.1, -0.05) is 0 Å². The van der Waals surface area contributed by atoms with E-state index >= 15 is 0 Å². The van der Waals surface area contributed by atoms with Crippen LogP contribution in [0.25, 0.3) is 0 Å². The third kappa shape index (κ3) is 3.10. The number of hydrogen-bond acceptors (Lipinski definition) is 4. The summed E-state index contributed by atoms with van der Waals surface area (Å²) in [4.78, 5) is 13.2. The Balaban J connectivity index is 2.20. The molecule has 1 aromatic rings. The minimum Gasteiger partial charge on any atom is -0.399 e. The van der Waals surface area contributed by atoms with Crippen LogP contribution in [0.3, 0.4) is 0 Å². The average Bonchev–Trinajstić information content (AvgIpc) is 2.28. The van der Waals surface area contributed by atoms with Crippen LogP contribution in [0.15, 0.2) is 18.2 Å². The van der Waals surface area contributed by atoms with Gasteiger partial charge in [0.05, 0.1) is 13.2 Å². The lowest BCUT2D eigenvalue weighted by molar-refractivity contribution is -0.114. The van der Waals surface area contributed by atoms with Crippen molar-refractivity contribution in [3.05, 3.63) is 18.2 Å². The molecule has 5 nitrogen and oxygen atoms in total. The number of hydrogen-bond donors (Lipinski definition) is 2. The van der Waals surface area contributed by atoms with Gasteiger partial charge in [-0.15, -0.1) is 0 Å². The molecule has 0 saturated carbocycles. The second-order valence-electron chi connectivity index (χ2n) is 4.09. The number of carbonyl (C=O) groups excluding carboxylic acids is 1. The zero-order chi connectivity index (χ0) is 12.3. The zero-order valence-corrected chi connectivity index (χ0v) is 9.90. The molecular formula is C12H17N3O2. The van der Waals surface area contributed by atoms with Gasteiger partial charge in [0.2, 0.25) is 5.91 Å². The second kappa shape index (κ2) is 5.05. The van der Waals surface area contributed by atoms with Gasteiger partial charge >= 0.3 is 0 Å². The predicted octanol–water partition coefficient (Wildman–Crippen LogP) is 1.06. The summed E-state index contributed by atoms with van der Waals surface area (Å²) in [5, 5.41) is 2.75. The molecule has 17 heavy (non-hydrogen) atoms. The molecule has 1 amide bonds. The maximum absolute atomic E-state index is 11.0. The number of anilines is 3. The van der Waals surface area contributed by atoms with Gasteiger partial charge < -0.3 is 20.7 Å². The lowest BCUT2D eigenvalue weighted by Crippen LogP contribution is -2.36. The van der Waals surface area contributed by atoms with Crippen molar-refractivity contribution in [2.45, 2.75) is 6.92 Å². The molecule has 2 rings (SSSR count). The normalized spacial score (nSPS) is 15.7. The Bertz CT molecular complexity index is 414. The Morgan fingerprint density at radius 3 is 2.71 bits per heavy atom. The van der Waals surface area contributed by atoms with Crippen LogP contribution in [-0.2, 0) is 9.53 Å². The van der Waals surface area contributed by atoms with E-state index < -0.39 is 0 Å². The van der Waals surface area contributed by atoms with Crippen molar-refractivity contribution in [2.24, 2.45) is 0 Å². The highest BCUT2D eigenvalue weighted by Gasteiger charge is 2.12. The van der Waals surface area contributed by atoms with Gasteiger partial charge in [-0.3, -0.25) is 4.79 Å². The molecule has 1 saturated heterocycles. The molecule has 1 aromatic carbocycles. The Morgan fingerprint density at radius 2 is 2.06 bits per heavy atom. The van der Waals surface area contributed by atoms with E-state index in [9.17, 15) is 4.79 Å². The highest BCUT2D eigenvalue weighted by atomic mass is 16.5. The van der Waals surface area contributed by atoms with Crippen molar-refractivity contribution < 1.29 is 9.53 Å². The minimum absolute atomic E-state index is 0.0940. The molecular weight excluding hydrogens is 218 g/mol. The summed E-state index contributed by atoms with van der Waals surface area (Å²) in [6.45, 7) is 4.64. The molecule has 1 heterocycles. The zero-order valence-electron chi connectivity index (χ0n) is 9.90. The van der Waals surface area contributed by atoms with E-state index in [-0.39, 0.29) is 5.91 Å². The van der Waals surface area contributed by atoms with Crippen LogP contribution in [0.1, 0.15) is 6.92 Å². The van der Waals surface area contributed by atoms with Gasteiger partial charge in [0, 0.05) is 37.1 Å². The second-order valence-corrected chi connectivity index (χ2v) is 4.09. The fourth-order valence-corrected chi connectivity index (χ4v) is 1.91. The molecule has 0 spiro atoms. The van der Waals surface area contributed by atoms with Crippen LogP contribution in [0.2, 0.25) is 0 Å². The summed E-state index contributed by atoms with van der Waals surface area (Å²) in [5.41, 5.74) is 8.24. The summed E-state index contributed by atoms with van der Waals surface area (Å²) in [6.07, 6.45) is 0. The molecule has 0 radical (unpaired) electrons. The first-order valence-electron chi connectivity index (χ1n) is 5.66. The van der Waals surface area contributed by atoms with Gasteiger partial charge in [0.25, 0.3) is 0 Å². The topological polar surface area (TPSA) is 67.6 Å². The Labute approximate surface area is 101 Å². The molecule has 1 aliphatic heterocycles. The van der Waals surface area contributed by atoms with Crippen molar-refractivity contribution in [1.82, 2.24) is 0 Å². The largest absolute Gasteiger partial charge is 0.399 e. The fraction of sp³-hybridized carbons (Fsp3) is 0.417. The summed E-state index contributed by atoms with van der Waals surface area (Å²) < 4.78 is 5.30. The highest BCUT2D eigenvalue weighted by molar-refractivity contribution is 5.90. The van der Waals surface area contributed by atoms with E-state index in [1.807, 2.05) is 12.1 Å². The van der Waals surface area contributed by atoms with Crippen LogP contribution < -0.4 is 16.0 Å². The SMILES string of the molecule is CC(=O)Nc1cc(N)cc(N2CCOCC2)c1. The van der Waals surface area contributed by atoms with Gasteiger partial charge in [0.15, 0.2) is 0 Å². The minimum atomic E-state index is -0.0940. The number of benzene rings is 1. The molecule has 92 valence electrons. The third-order valence-corrected chi connectivity index (χ3v) is 2.64. The first-order valence-corrected chi connectivity index (χ1v) is 5.66. The van der Waals surface area contributed by atoms with E-state index in [2.05, 4.69) is 10.2 Å². The lowest BCUT2D eigenvalue weighted by atomic mass is 10.2. The van der Waals surface area contributed by atoms with Crippen molar-refractivity contribution in [2.75, 3.05) is 42.3 Å². The van der Waals surface area contributed by atoms with Crippen molar-refractivity contribution in [1.29, 1.82) is 0 Å². The van der Waals surface area contributed by atoms with Crippen molar-refractivity contribution in [3.63, 3.8) is 0 Å². The first kappa shape index (κ1) is 11.7. The number of ether oxygens (including phenoxy) is 1. The maximum atomic E-state index is 11.0. The summed E-state index contributed by atoms with van der Waals surface area (Å²) in [5.74, 6) is -0.0940. The van der Waals surface area contributed by atoms with E-state index in [1.54, 1.807) is 6.07 Å². The van der Waals surface area contributed by atoms with Crippen LogP contribution in [-0.4, -0.2) is 32.2 Å². The standard InChI is InChI=1S/C12H17N3O2/c1-9(16)14-11-6-10(13)7-12(8-11)15-2-4-17-5-3-15/h6-8H,2-5,13H2,1H3,(H,14,16). The van der Waals surface area contributed by atoms with E-state index in [0.29, 0.717) is 5.69 Å². The smallest absolute Gasteiger partial charge is 0.221 e. The number of rotatable bonds is 2.